The molecule has 0 saturated heterocycles. The molecule has 0 aliphatic rings. The Hall–Kier alpha value is -2.17. The highest BCUT2D eigenvalue weighted by Crippen LogP contribution is 2.17. The van der Waals surface area contributed by atoms with Gasteiger partial charge in [-0.05, 0) is 44.4 Å². The second-order valence-corrected chi connectivity index (χ2v) is 4.41. The summed E-state index contributed by atoms with van der Waals surface area (Å²) in [5, 5.41) is 3.90. The van der Waals surface area contributed by atoms with Crippen LogP contribution < -0.4 is 0 Å². The topological polar surface area (TPSA) is 52.3 Å². The molecule has 4 nitrogen and oxygen atoms in total. The predicted octanol–water partition coefficient (Wildman–Crippen LogP) is 3.08. The van der Waals surface area contributed by atoms with E-state index in [0.29, 0.717) is 36.5 Å². The van der Waals surface area contributed by atoms with Gasteiger partial charge in [-0.3, -0.25) is 0 Å². The van der Waals surface area contributed by atoms with Gasteiger partial charge in [0, 0.05) is 0 Å². The predicted molar refractivity (Wildman–Crippen MR) is 71.0 cm³/mol. The first-order valence-electron chi connectivity index (χ1n) is 6.48. The van der Waals surface area contributed by atoms with Gasteiger partial charge in [0.15, 0.2) is 0 Å². The van der Waals surface area contributed by atoms with Gasteiger partial charge in [0.1, 0.15) is 17.1 Å². The summed E-state index contributed by atoms with van der Waals surface area (Å²) >= 11 is 0. The van der Waals surface area contributed by atoms with E-state index in [-0.39, 0.29) is 5.82 Å². The zero-order valence-corrected chi connectivity index (χ0v) is 11.5. The number of carbonyl (C=O) groups is 1. The largest absolute Gasteiger partial charge is 0.462 e. The van der Waals surface area contributed by atoms with E-state index >= 15 is 0 Å². The van der Waals surface area contributed by atoms with Crippen molar-refractivity contribution in [1.29, 1.82) is 0 Å². The van der Waals surface area contributed by atoms with Gasteiger partial charge in [-0.15, -0.1) is 0 Å². The molecule has 0 unspecified atom stereocenters. The van der Waals surface area contributed by atoms with Crippen molar-refractivity contribution in [3.63, 3.8) is 0 Å². The maximum atomic E-state index is 12.8. The third-order valence-corrected chi connectivity index (χ3v) is 2.98. The average molecular weight is 277 g/mol. The number of esters is 1. The first kappa shape index (κ1) is 14.2. The summed E-state index contributed by atoms with van der Waals surface area (Å²) in [6, 6.07) is 6.25. The van der Waals surface area contributed by atoms with Gasteiger partial charge in [0.25, 0.3) is 0 Å². The van der Waals surface area contributed by atoms with E-state index in [1.165, 1.54) is 12.1 Å². The number of aromatic nitrogens is 1. The first-order chi connectivity index (χ1) is 9.61. The molecule has 1 heterocycles. The molecule has 20 heavy (non-hydrogen) atoms. The lowest BCUT2D eigenvalue weighted by Gasteiger charge is -2.03. The van der Waals surface area contributed by atoms with E-state index in [1.807, 2.05) is 0 Å². The number of carbonyl (C=O) groups excluding carboxylic acids is 1. The second kappa shape index (κ2) is 6.32. The molecule has 0 aliphatic heterocycles. The standard InChI is InChI=1S/C15H16FNO3/c1-3-19-15(18)14-10(2)20-17-13(14)9-6-11-4-7-12(16)8-5-11/h4-5,7-8H,3,6,9H2,1-2H3. The van der Waals surface area contributed by atoms with E-state index in [0.717, 1.165) is 5.56 Å². The number of rotatable bonds is 5. The molecule has 5 heteroatoms. The number of benzene rings is 1. The highest BCUT2D eigenvalue weighted by Gasteiger charge is 2.21. The van der Waals surface area contributed by atoms with Gasteiger partial charge in [-0.25, -0.2) is 9.18 Å². The SMILES string of the molecule is CCOC(=O)c1c(CCc2ccc(F)cc2)noc1C. The maximum Gasteiger partial charge on any atom is 0.343 e. The van der Waals surface area contributed by atoms with E-state index in [1.54, 1.807) is 26.0 Å². The lowest BCUT2D eigenvalue weighted by Crippen LogP contribution is -2.08. The summed E-state index contributed by atoms with van der Waals surface area (Å²) in [6.45, 7) is 3.74. The molecule has 0 amide bonds. The molecular formula is C15H16FNO3. The zero-order chi connectivity index (χ0) is 14.5. The van der Waals surface area contributed by atoms with Crippen LogP contribution in [0.1, 0.15) is 34.3 Å². The first-order valence-corrected chi connectivity index (χ1v) is 6.48. The van der Waals surface area contributed by atoms with Gasteiger partial charge < -0.3 is 9.26 Å². The molecule has 0 atom stereocenters. The molecule has 0 radical (unpaired) electrons. The lowest BCUT2D eigenvalue weighted by atomic mass is 10.0. The van der Waals surface area contributed by atoms with Crippen molar-refractivity contribution in [2.75, 3.05) is 6.61 Å². The van der Waals surface area contributed by atoms with E-state index < -0.39 is 5.97 Å². The van der Waals surface area contributed by atoms with Crippen LogP contribution in [0.2, 0.25) is 0 Å². The number of hydrogen-bond donors (Lipinski definition) is 0. The highest BCUT2D eigenvalue weighted by molar-refractivity contribution is 5.91. The monoisotopic (exact) mass is 277 g/mol. The molecule has 0 aliphatic carbocycles. The van der Waals surface area contributed by atoms with E-state index in [4.69, 9.17) is 9.26 Å². The summed E-state index contributed by atoms with van der Waals surface area (Å²) in [5.41, 5.74) is 1.95. The van der Waals surface area contributed by atoms with E-state index in [2.05, 4.69) is 5.16 Å². The molecule has 0 saturated carbocycles. The Bertz CT molecular complexity index is 590. The highest BCUT2D eigenvalue weighted by atomic mass is 19.1. The van der Waals surface area contributed by atoms with Gasteiger partial charge in [-0.2, -0.15) is 0 Å². The third kappa shape index (κ3) is 3.23. The smallest absolute Gasteiger partial charge is 0.343 e. The summed E-state index contributed by atoms with van der Waals surface area (Å²) in [7, 11) is 0. The number of halogens is 1. The number of ether oxygens (including phenoxy) is 1. The van der Waals surface area contributed by atoms with Crippen molar-refractivity contribution in [2.24, 2.45) is 0 Å². The average Bonchev–Trinajstić information content (AvgIpc) is 2.79. The van der Waals surface area contributed by atoms with Crippen LogP contribution in [0.3, 0.4) is 0 Å². The Morgan fingerprint density at radius 1 is 1.30 bits per heavy atom. The zero-order valence-electron chi connectivity index (χ0n) is 11.5. The Kier molecular flexibility index (Phi) is 4.50. The van der Waals surface area contributed by atoms with E-state index in [9.17, 15) is 9.18 Å². The third-order valence-electron chi connectivity index (χ3n) is 2.98. The van der Waals surface area contributed by atoms with Crippen molar-refractivity contribution >= 4 is 5.97 Å². The fourth-order valence-electron chi connectivity index (χ4n) is 1.97. The summed E-state index contributed by atoms with van der Waals surface area (Å²) in [4.78, 5) is 11.8. The van der Waals surface area contributed by atoms with Crippen LogP contribution in [0.4, 0.5) is 4.39 Å². The molecule has 106 valence electrons. The minimum Gasteiger partial charge on any atom is -0.462 e. The van der Waals surface area contributed by atoms with Crippen LogP contribution in [0.5, 0.6) is 0 Å². The molecule has 1 aromatic heterocycles. The number of nitrogens with zero attached hydrogens (tertiary/aromatic N) is 1. The molecule has 0 spiro atoms. The fourth-order valence-corrected chi connectivity index (χ4v) is 1.97. The summed E-state index contributed by atoms with van der Waals surface area (Å²) in [5.74, 6) is -0.226. The fraction of sp³-hybridized carbons (Fsp3) is 0.333. The van der Waals surface area contributed by atoms with Crippen LogP contribution in [-0.4, -0.2) is 17.7 Å². The molecule has 1 aromatic carbocycles. The summed E-state index contributed by atoms with van der Waals surface area (Å²) in [6.07, 6.45) is 1.19. The Balaban J connectivity index is 2.10. The van der Waals surface area contributed by atoms with Gasteiger partial charge >= 0.3 is 5.97 Å². The minimum absolute atomic E-state index is 0.266. The molecule has 2 rings (SSSR count). The van der Waals surface area contributed by atoms with Crippen LogP contribution in [-0.2, 0) is 17.6 Å². The molecule has 2 aromatic rings. The van der Waals surface area contributed by atoms with Gasteiger partial charge in [-0.1, -0.05) is 17.3 Å². The van der Waals surface area contributed by atoms with Crippen LogP contribution in [0.15, 0.2) is 28.8 Å². The second-order valence-electron chi connectivity index (χ2n) is 4.41. The normalized spacial score (nSPS) is 10.6. The van der Waals surface area contributed by atoms with Crippen LogP contribution in [0, 0.1) is 12.7 Å². The quantitative estimate of drug-likeness (QED) is 0.788. The van der Waals surface area contributed by atoms with Crippen molar-refractivity contribution < 1.29 is 18.4 Å². The van der Waals surface area contributed by atoms with Gasteiger partial charge in [0.05, 0.1) is 12.3 Å². The van der Waals surface area contributed by atoms with Crippen molar-refractivity contribution in [2.45, 2.75) is 26.7 Å². The minimum atomic E-state index is -0.416. The molecular weight excluding hydrogens is 261 g/mol. The summed E-state index contributed by atoms with van der Waals surface area (Å²) < 4.78 is 22.9. The maximum absolute atomic E-state index is 12.8. The Morgan fingerprint density at radius 2 is 2.00 bits per heavy atom. The van der Waals surface area contributed by atoms with Crippen LogP contribution >= 0.6 is 0 Å². The lowest BCUT2D eigenvalue weighted by molar-refractivity contribution is 0.0523. The number of aryl methyl sites for hydroxylation is 3. The van der Waals surface area contributed by atoms with Gasteiger partial charge in [0.2, 0.25) is 0 Å². The van der Waals surface area contributed by atoms with Crippen molar-refractivity contribution in [3.8, 4) is 0 Å². The van der Waals surface area contributed by atoms with Crippen molar-refractivity contribution in [3.05, 3.63) is 52.7 Å². The number of hydrogen-bond acceptors (Lipinski definition) is 4. The van der Waals surface area contributed by atoms with Crippen molar-refractivity contribution in [1.82, 2.24) is 5.16 Å². The molecule has 0 fully saturated rings. The molecule has 0 bridgehead atoms. The van der Waals surface area contributed by atoms with Crippen LogP contribution in [0.25, 0.3) is 0 Å². The Labute approximate surface area is 116 Å². The Morgan fingerprint density at radius 3 is 2.65 bits per heavy atom. The molecule has 0 N–H and O–H groups in total.